The van der Waals surface area contributed by atoms with Crippen LogP contribution in [-0.2, 0) is 5.41 Å². The number of fused-ring (bicyclic) bond motifs is 7. The maximum Gasteiger partial charge on any atom is 0.235 e. The van der Waals surface area contributed by atoms with Gasteiger partial charge >= 0.3 is 0 Å². The Balaban J connectivity index is 1.02. The van der Waals surface area contributed by atoms with E-state index in [0.29, 0.717) is 5.95 Å². The minimum absolute atomic E-state index is 0.560. The van der Waals surface area contributed by atoms with Crippen molar-refractivity contribution in [3.8, 4) is 44.8 Å². The largest absolute Gasteiger partial charge is 0.455 e. The number of pyridine rings is 1. The van der Waals surface area contributed by atoms with E-state index < -0.39 is 5.41 Å². The van der Waals surface area contributed by atoms with Gasteiger partial charge in [0.15, 0.2) is 0 Å². The Morgan fingerprint density at radius 1 is 0.403 bits per heavy atom. The molecule has 3 heterocycles. The third-order valence-corrected chi connectivity index (χ3v) is 13.4. The Morgan fingerprint density at radius 2 is 0.940 bits per heavy atom. The van der Waals surface area contributed by atoms with E-state index in [-0.39, 0.29) is 0 Å². The molecule has 1 aliphatic carbocycles. The lowest BCUT2D eigenvalue weighted by molar-refractivity contribution is 0.670. The van der Waals surface area contributed by atoms with Crippen molar-refractivity contribution >= 4 is 50.2 Å². The fourth-order valence-electron chi connectivity index (χ4n) is 10.5. The average Bonchev–Trinajstić information content (AvgIpc) is 3.94. The van der Waals surface area contributed by atoms with Crippen LogP contribution >= 0.6 is 0 Å². The predicted molar refractivity (Wildman–Crippen MR) is 273 cm³/mol. The van der Waals surface area contributed by atoms with Crippen LogP contribution in [0.4, 0.5) is 17.3 Å². The predicted octanol–water partition coefficient (Wildman–Crippen LogP) is 15.8. The molecule has 314 valence electrons. The van der Waals surface area contributed by atoms with Crippen molar-refractivity contribution in [2.24, 2.45) is 0 Å². The summed E-state index contributed by atoms with van der Waals surface area (Å²) >= 11 is 0. The zero-order chi connectivity index (χ0) is 44.3. The van der Waals surface area contributed by atoms with Crippen molar-refractivity contribution in [1.29, 1.82) is 0 Å². The maximum absolute atomic E-state index is 6.49. The quantitative estimate of drug-likeness (QED) is 0.152. The Hall–Kier alpha value is -8.93. The van der Waals surface area contributed by atoms with Gasteiger partial charge in [-0.15, -0.1) is 0 Å². The topological polar surface area (TPSA) is 55.1 Å². The van der Waals surface area contributed by atoms with Crippen LogP contribution in [0.5, 0.6) is 0 Å². The summed E-state index contributed by atoms with van der Waals surface area (Å²) in [6.45, 7) is 0. The molecular weight excluding hydrogens is 817 g/mol. The van der Waals surface area contributed by atoms with Gasteiger partial charge in [-0.2, -0.15) is 0 Å². The van der Waals surface area contributed by atoms with E-state index in [9.17, 15) is 0 Å². The van der Waals surface area contributed by atoms with Gasteiger partial charge in [0, 0.05) is 50.4 Å². The Labute approximate surface area is 388 Å². The molecule has 1 aliphatic rings. The van der Waals surface area contributed by atoms with Gasteiger partial charge in [-0.25, -0.2) is 9.97 Å². The Morgan fingerprint density at radius 3 is 1.63 bits per heavy atom. The highest BCUT2D eigenvalue weighted by Crippen LogP contribution is 2.57. The molecule has 3 aromatic heterocycles. The molecule has 5 nitrogen and oxygen atoms in total. The van der Waals surface area contributed by atoms with Gasteiger partial charge in [0.05, 0.1) is 22.3 Å². The number of para-hydroxylation sites is 3. The first-order valence-corrected chi connectivity index (χ1v) is 22.7. The molecule has 0 saturated heterocycles. The van der Waals surface area contributed by atoms with Gasteiger partial charge in [0.25, 0.3) is 0 Å². The summed E-state index contributed by atoms with van der Waals surface area (Å²) in [6.07, 6.45) is 1.91. The second-order valence-corrected chi connectivity index (χ2v) is 17.1. The summed E-state index contributed by atoms with van der Waals surface area (Å²) in [5.41, 5.74) is 16.9. The minimum atomic E-state index is -0.645. The molecule has 0 aliphatic heterocycles. The summed E-state index contributed by atoms with van der Waals surface area (Å²) in [5.74, 6) is 0.560. The first-order chi connectivity index (χ1) is 33.2. The van der Waals surface area contributed by atoms with Gasteiger partial charge < -0.3 is 4.42 Å². The van der Waals surface area contributed by atoms with Crippen molar-refractivity contribution in [2.75, 3.05) is 4.90 Å². The fourth-order valence-corrected chi connectivity index (χ4v) is 10.5. The first kappa shape index (κ1) is 38.5. The highest BCUT2D eigenvalue weighted by Gasteiger charge is 2.47. The average molecular weight is 857 g/mol. The molecule has 5 heteroatoms. The van der Waals surface area contributed by atoms with E-state index in [1.165, 1.54) is 22.3 Å². The van der Waals surface area contributed by atoms with E-state index in [0.717, 1.165) is 89.0 Å². The van der Waals surface area contributed by atoms with Crippen LogP contribution in [0, 0.1) is 0 Å². The molecule has 0 saturated carbocycles. The van der Waals surface area contributed by atoms with Crippen molar-refractivity contribution in [1.82, 2.24) is 15.0 Å². The summed E-state index contributed by atoms with van der Waals surface area (Å²) < 4.78 is 6.49. The van der Waals surface area contributed by atoms with Crippen molar-refractivity contribution in [2.45, 2.75) is 5.41 Å². The zero-order valence-corrected chi connectivity index (χ0v) is 36.3. The number of furan rings is 1. The van der Waals surface area contributed by atoms with Gasteiger partial charge in [0.2, 0.25) is 5.95 Å². The van der Waals surface area contributed by atoms with Crippen LogP contribution < -0.4 is 4.90 Å². The monoisotopic (exact) mass is 856 g/mol. The van der Waals surface area contributed by atoms with Crippen LogP contribution in [0.3, 0.4) is 0 Å². The van der Waals surface area contributed by atoms with Gasteiger partial charge in [0.1, 0.15) is 11.2 Å². The van der Waals surface area contributed by atoms with Crippen LogP contribution in [0.15, 0.2) is 247 Å². The summed E-state index contributed by atoms with van der Waals surface area (Å²) in [5, 5.41) is 3.31. The molecule has 13 rings (SSSR count). The fraction of sp³-hybridized carbons (Fsp3) is 0.0161. The number of aromatic nitrogens is 3. The highest BCUT2D eigenvalue weighted by molar-refractivity contribution is 6.09. The lowest BCUT2D eigenvalue weighted by atomic mass is 9.67. The molecule has 0 atom stereocenters. The third kappa shape index (κ3) is 6.20. The summed E-state index contributed by atoms with van der Waals surface area (Å²) in [7, 11) is 0. The lowest BCUT2D eigenvalue weighted by Gasteiger charge is -2.35. The van der Waals surface area contributed by atoms with E-state index in [1.54, 1.807) is 0 Å². The highest BCUT2D eigenvalue weighted by atomic mass is 16.3. The molecule has 9 aromatic carbocycles. The van der Waals surface area contributed by atoms with Gasteiger partial charge in [-0.3, -0.25) is 9.88 Å². The molecule has 0 amide bonds. The summed E-state index contributed by atoms with van der Waals surface area (Å²) in [4.78, 5) is 18.0. The normalized spacial score (nSPS) is 12.6. The van der Waals surface area contributed by atoms with E-state index in [4.69, 9.17) is 19.4 Å². The van der Waals surface area contributed by atoms with Crippen molar-refractivity contribution < 1.29 is 4.42 Å². The van der Waals surface area contributed by atoms with E-state index in [2.05, 4.69) is 211 Å². The SMILES string of the molecule is c1ccc(-c2cc(-c3ccccc3)nc(N(c3ccc(-c4cccc5c4oc4ccccc45)cc3)c3ccc(C4(c5cccc6cccnc56)c5ccccc5-c5ccccc54)cc3)n2)cc1. The number of anilines is 3. The van der Waals surface area contributed by atoms with Crippen LogP contribution in [0.25, 0.3) is 77.6 Å². The Kier molecular flexibility index (Phi) is 9.00. The van der Waals surface area contributed by atoms with Crippen LogP contribution in [0.1, 0.15) is 22.3 Å². The standard InChI is InChI=1S/C62H40N4O/c1-3-16-42(17-4-1)56-40-57(43-18-5-2-6-19-43)65-61(64-56)66(46-35-31-41(32-36-46)48-25-14-26-52-51-24-9-12-30-58(51)67-60(48)52)47-37-33-45(34-38-47)62(55-29-13-20-44-21-15-39-63-59(44)55)53-27-10-7-22-49(53)50-23-8-11-28-54(50)62/h1-40H. The Bertz CT molecular complexity index is 3700. The van der Waals surface area contributed by atoms with E-state index >= 15 is 0 Å². The second kappa shape index (κ2) is 15.7. The molecule has 0 N–H and O–H groups in total. The lowest BCUT2D eigenvalue weighted by Crippen LogP contribution is -2.29. The molecule has 12 aromatic rings. The number of hydrogen-bond donors (Lipinski definition) is 0. The molecule has 0 radical (unpaired) electrons. The number of hydrogen-bond acceptors (Lipinski definition) is 5. The molecule has 0 spiro atoms. The summed E-state index contributed by atoms with van der Waals surface area (Å²) in [6, 6.07) is 83.5. The van der Waals surface area contributed by atoms with Crippen LogP contribution in [-0.4, -0.2) is 15.0 Å². The first-order valence-electron chi connectivity index (χ1n) is 22.7. The second-order valence-electron chi connectivity index (χ2n) is 17.1. The minimum Gasteiger partial charge on any atom is -0.455 e. The third-order valence-electron chi connectivity index (χ3n) is 13.4. The van der Waals surface area contributed by atoms with E-state index in [1.807, 2.05) is 36.5 Å². The molecule has 67 heavy (non-hydrogen) atoms. The number of nitrogens with zero attached hydrogens (tertiary/aromatic N) is 4. The maximum atomic E-state index is 6.49. The molecular formula is C62H40N4O. The number of rotatable bonds is 8. The number of benzene rings is 9. The van der Waals surface area contributed by atoms with Gasteiger partial charge in [-0.1, -0.05) is 194 Å². The zero-order valence-electron chi connectivity index (χ0n) is 36.3. The van der Waals surface area contributed by atoms with Gasteiger partial charge in [-0.05, 0) is 81.4 Å². The smallest absolute Gasteiger partial charge is 0.235 e. The molecule has 0 bridgehead atoms. The molecule has 0 fully saturated rings. The molecule has 0 unspecified atom stereocenters. The van der Waals surface area contributed by atoms with Crippen molar-refractivity contribution in [3.63, 3.8) is 0 Å². The van der Waals surface area contributed by atoms with Crippen molar-refractivity contribution in [3.05, 3.63) is 265 Å². The van der Waals surface area contributed by atoms with Crippen LogP contribution in [0.2, 0.25) is 0 Å².